The van der Waals surface area contributed by atoms with E-state index in [4.69, 9.17) is 0 Å². The molecule has 0 aromatic rings. The second kappa shape index (κ2) is 5.38. The number of amides is 2. The van der Waals surface area contributed by atoms with Crippen LogP contribution in [0.15, 0.2) is 0 Å². The van der Waals surface area contributed by atoms with E-state index in [9.17, 15) is 4.79 Å². The molecular weight excluding hydrogens is 188 g/mol. The molecule has 0 bridgehead atoms. The molecule has 0 unspecified atom stereocenters. The molecule has 2 aliphatic rings. The second-order valence-electron chi connectivity index (χ2n) is 4.99. The topological polar surface area (TPSA) is 41.1 Å². The van der Waals surface area contributed by atoms with Crippen molar-refractivity contribution in [3.05, 3.63) is 0 Å². The number of rotatable bonds is 3. The molecular formula is C12H22N2O. The van der Waals surface area contributed by atoms with Gasteiger partial charge in [0.15, 0.2) is 0 Å². The third-order valence-electron chi connectivity index (χ3n) is 3.72. The summed E-state index contributed by atoms with van der Waals surface area (Å²) in [7, 11) is 0. The van der Waals surface area contributed by atoms with Crippen LogP contribution in [0.3, 0.4) is 0 Å². The molecule has 0 radical (unpaired) electrons. The molecule has 0 spiro atoms. The lowest BCUT2D eigenvalue weighted by Gasteiger charge is -2.27. The van der Waals surface area contributed by atoms with E-state index in [0.717, 1.165) is 25.3 Å². The Kier molecular flexibility index (Phi) is 3.87. The van der Waals surface area contributed by atoms with Gasteiger partial charge in [0.2, 0.25) is 0 Å². The molecule has 2 saturated carbocycles. The van der Waals surface area contributed by atoms with Gasteiger partial charge in [-0.15, -0.1) is 0 Å². The predicted molar refractivity (Wildman–Crippen MR) is 60.7 cm³/mol. The number of urea groups is 1. The van der Waals surface area contributed by atoms with Crippen molar-refractivity contribution >= 4 is 6.03 Å². The van der Waals surface area contributed by atoms with Crippen LogP contribution in [0.5, 0.6) is 0 Å². The van der Waals surface area contributed by atoms with E-state index >= 15 is 0 Å². The molecule has 0 aliphatic heterocycles. The van der Waals surface area contributed by atoms with Gasteiger partial charge in [0.05, 0.1) is 0 Å². The summed E-state index contributed by atoms with van der Waals surface area (Å²) in [5, 5.41) is 6.01. The van der Waals surface area contributed by atoms with Gasteiger partial charge in [-0.3, -0.25) is 0 Å². The van der Waals surface area contributed by atoms with Gasteiger partial charge >= 0.3 is 6.03 Å². The number of hydrogen-bond acceptors (Lipinski definition) is 1. The zero-order valence-corrected chi connectivity index (χ0v) is 9.43. The van der Waals surface area contributed by atoms with Crippen LogP contribution in [-0.4, -0.2) is 18.6 Å². The fourth-order valence-electron chi connectivity index (χ4n) is 2.42. The molecule has 15 heavy (non-hydrogen) atoms. The van der Waals surface area contributed by atoms with E-state index in [1.54, 1.807) is 0 Å². The Labute approximate surface area is 92.0 Å². The highest BCUT2D eigenvalue weighted by molar-refractivity contribution is 5.74. The summed E-state index contributed by atoms with van der Waals surface area (Å²) in [6.45, 7) is 0.874. The first kappa shape index (κ1) is 10.8. The molecule has 2 amide bonds. The number of carbonyl (C=O) groups is 1. The summed E-state index contributed by atoms with van der Waals surface area (Å²) in [4.78, 5) is 11.5. The fraction of sp³-hybridized carbons (Fsp3) is 0.917. The van der Waals surface area contributed by atoms with Crippen molar-refractivity contribution < 1.29 is 4.79 Å². The summed E-state index contributed by atoms with van der Waals surface area (Å²) in [6.07, 6.45) is 10.3. The Morgan fingerprint density at radius 2 is 1.73 bits per heavy atom. The molecule has 2 N–H and O–H groups in total. The summed E-state index contributed by atoms with van der Waals surface area (Å²) < 4.78 is 0. The van der Waals surface area contributed by atoms with Crippen molar-refractivity contribution in [3.63, 3.8) is 0 Å². The maximum atomic E-state index is 11.5. The first-order valence-electron chi connectivity index (χ1n) is 6.39. The number of carbonyl (C=O) groups excluding carboxylic acids is 1. The lowest BCUT2D eigenvalue weighted by Crippen LogP contribution is -2.46. The van der Waals surface area contributed by atoms with Crippen LogP contribution in [0.2, 0.25) is 0 Å². The monoisotopic (exact) mass is 210 g/mol. The Morgan fingerprint density at radius 3 is 2.33 bits per heavy atom. The summed E-state index contributed by atoms with van der Waals surface area (Å²) in [5.41, 5.74) is 0. The summed E-state index contributed by atoms with van der Waals surface area (Å²) in [5.74, 6) is 0.728. The van der Waals surface area contributed by atoms with Crippen LogP contribution in [0.1, 0.15) is 51.4 Å². The number of hydrogen-bond donors (Lipinski definition) is 2. The molecule has 2 aliphatic carbocycles. The summed E-state index contributed by atoms with van der Waals surface area (Å²) in [6, 6.07) is 0.502. The van der Waals surface area contributed by atoms with E-state index in [2.05, 4.69) is 10.6 Å². The largest absolute Gasteiger partial charge is 0.338 e. The highest BCUT2D eigenvalue weighted by Crippen LogP contribution is 2.22. The standard InChI is InChI=1S/C12H22N2O/c15-12(14-11-7-4-8-11)13-9-10-5-2-1-3-6-10/h10-11H,1-9H2,(H2,13,14,15). The zero-order valence-electron chi connectivity index (χ0n) is 9.43. The van der Waals surface area contributed by atoms with Gasteiger partial charge in [0, 0.05) is 12.6 Å². The van der Waals surface area contributed by atoms with Crippen molar-refractivity contribution in [2.45, 2.75) is 57.4 Å². The zero-order chi connectivity index (χ0) is 10.5. The molecule has 0 heterocycles. The van der Waals surface area contributed by atoms with Gasteiger partial charge in [0.25, 0.3) is 0 Å². The normalized spacial score (nSPS) is 23.2. The molecule has 2 rings (SSSR count). The van der Waals surface area contributed by atoms with Gasteiger partial charge < -0.3 is 10.6 Å². The molecule has 86 valence electrons. The highest BCUT2D eigenvalue weighted by atomic mass is 16.2. The quantitative estimate of drug-likeness (QED) is 0.738. The van der Waals surface area contributed by atoms with E-state index in [0.29, 0.717) is 6.04 Å². The maximum absolute atomic E-state index is 11.5. The first-order valence-corrected chi connectivity index (χ1v) is 6.39. The molecule has 3 heteroatoms. The Balaban J connectivity index is 1.57. The summed E-state index contributed by atoms with van der Waals surface area (Å²) >= 11 is 0. The predicted octanol–water partition coefficient (Wildman–Crippen LogP) is 2.42. The van der Waals surface area contributed by atoms with Crippen molar-refractivity contribution in [1.29, 1.82) is 0 Å². The van der Waals surface area contributed by atoms with Crippen molar-refractivity contribution in [3.8, 4) is 0 Å². The minimum Gasteiger partial charge on any atom is -0.338 e. The lowest BCUT2D eigenvalue weighted by atomic mass is 9.89. The lowest BCUT2D eigenvalue weighted by molar-refractivity contribution is 0.224. The van der Waals surface area contributed by atoms with Gasteiger partial charge in [-0.05, 0) is 38.0 Å². The average molecular weight is 210 g/mol. The number of nitrogens with one attached hydrogen (secondary N) is 2. The van der Waals surface area contributed by atoms with Gasteiger partial charge in [0.1, 0.15) is 0 Å². The van der Waals surface area contributed by atoms with Gasteiger partial charge in [-0.2, -0.15) is 0 Å². The molecule has 0 atom stereocenters. The van der Waals surface area contributed by atoms with Crippen molar-refractivity contribution in [2.24, 2.45) is 5.92 Å². The third-order valence-corrected chi connectivity index (χ3v) is 3.72. The van der Waals surface area contributed by atoms with E-state index in [1.807, 2.05) is 0 Å². The molecule has 2 fully saturated rings. The van der Waals surface area contributed by atoms with Crippen LogP contribution in [0.25, 0.3) is 0 Å². The van der Waals surface area contributed by atoms with Crippen LogP contribution in [0, 0.1) is 5.92 Å². The SMILES string of the molecule is O=C(NCC1CCCCC1)NC1CCC1. The van der Waals surface area contributed by atoms with Crippen LogP contribution < -0.4 is 10.6 Å². The van der Waals surface area contributed by atoms with Crippen LogP contribution >= 0.6 is 0 Å². The third kappa shape index (κ3) is 3.40. The molecule has 0 saturated heterocycles. The Morgan fingerprint density at radius 1 is 1.00 bits per heavy atom. The molecule has 0 aromatic heterocycles. The van der Waals surface area contributed by atoms with Crippen molar-refractivity contribution in [2.75, 3.05) is 6.54 Å². The van der Waals surface area contributed by atoms with Gasteiger partial charge in [-0.25, -0.2) is 4.79 Å². The van der Waals surface area contributed by atoms with Crippen LogP contribution in [0.4, 0.5) is 4.79 Å². The minimum absolute atomic E-state index is 0.0465. The molecule has 0 aromatic carbocycles. The van der Waals surface area contributed by atoms with Gasteiger partial charge in [-0.1, -0.05) is 19.3 Å². The second-order valence-corrected chi connectivity index (χ2v) is 4.99. The van der Waals surface area contributed by atoms with Crippen molar-refractivity contribution in [1.82, 2.24) is 10.6 Å². The van der Waals surface area contributed by atoms with E-state index in [1.165, 1.54) is 38.5 Å². The smallest absolute Gasteiger partial charge is 0.315 e. The highest BCUT2D eigenvalue weighted by Gasteiger charge is 2.20. The van der Waals surface area contributed by atoms with Crippen LogP contribution in [-0.2, 0) is 0 Å². The Hall–Kier alpha value is -0.730. The maximum Gasteiger partial charge on any atom is 0.315 e. The first-order chi connectivity index (χ1) is 7.34. The average Bonchev–Trinajstić information content (AvgIpc) is 2.22. The Bertz CT molecular complexity index is 208. The minimum atomic E-state index is 0.0465. The molecule has 3 nitrogen and oxygen atoms in total. The fourth-order valence-corrected chi connectivity index (χ4v) is 2.42. The van der Waals surface area contributed by atoms with E-state index < -0.39 is 0 Å². The van der Waals surface area contributed by atoms with E-state index in [-0.39, 0.29) is 6.03 Å².